The normalized spacial score (nSPS) is 12.8. The van der Waals surface area contributed by atoms with Gasteiger partial charge in [0.25, 0.3) is 0 Å². The standard InChI is InChI=1S/C11H4BrF6NS/c12-9-19-8(4-20-9)6-2-1-5(10(13,14)15)3-7(6)11(16,17)18/h1-4H. The molecule has 0 spiro atoms. The molecule has 1 aromatic carbocycles. The van der Waals surface area contributed by atoms with E-state index >= 15 is 0 Å². The quantitative estimate of drug-likeness (QED) is 0.590. The minimum atomic E-state index is -4.90. The van der Waals surface area contributed by atoms with Crippen molar-refractivity contribution in [2.24, 2.45) is 0 Å². The molecule has 0 saturated heterocycles. The van der Waals surface area contributed by atoms with E-state index in [4.69, 9.17) is 0 Å². The number of hydrogen-bond donors (Lipinski definition) is 0. The Morgan fingerprint density at radius 3 is 2.10 bits per heavy atom. The van der Waals surface area contributed by atoms with Crippen LogP contribution in [0.5, 0.6) is 0 Å². The van der Waals surface area contributed by atoms with Crippen LogP contribution >= 0.6 is 27.3 Å². The number of nitrogens with zero attached hydrogens (tertiary/aromatic N) is 1. The molecule has 2 rings (SSSR count). The van der Waals surface area contributed by atoms with Crippen LogP contribution in [0.15, 0.2) is 27.5 Å². The minimum absolute atomic E-state index is 0.0251. The predicted molar refractivity (Wildman–Crippen MR) is 65.3 cm³/mol. The Hall–Kier alpha value is -1.09. The summed E-state index contributed by atoms with van der Waals surface area (Å²) in [4.78, 5) is 3.80. The molecule has 0 aliphatic heterocycles. The zero-order valence-corrected chi connectivity index (χ0v) is 11.7. The number of hydrogen-bond acceptors (Lipinski definition) is 2. The molecule has 0 fully saturated rings. The first kappa shape index (κ1) is 15.3. The van der Waals surface area contributed by atoms with Crippen molar-refractivity contribution in [1.29, 1.82) is 0 Å². The van der Waals surface area contributed by atoms with Crippen molar-refractivity contribution in [3.63, 3.8) is 0 Å². The number of rotatable bonds is 1. The first-order valence-electron chi connectivity index (χ1n) is 4.99. The molecule has 2 aromatic rings. The molecular weight excluding hydrogens is 372 g/mol. The molecule has 1 nitrogen and oxygen atoms in total. The molecule has 20 heavy (non-hydrogen) atoms. The summed E-state index contributed by atoms with van der Waals surface area (Å²) in [6.45, 7) is 0. The first-order chi connectivity index (χ1) is 9.09. The van der Waals surface area contributed by atoms with Gasteiger partial charge < -0.3 is 0 Å². The predicted octanol–water partition coefficient (Wildman–Crippen LogP) is 5.61. The summed E-state index contributed by atoms with van der Waals surface area (Å²) in [6.07, 6.45) is -9.73. The summed E-state index contributed by atoms with van der Waals surface area (Å²) < 4.78 is 76.6. The highest BCUT2D eigenvalue weighted by molar-refractivity contribution is 9.11. The van der Waals surface area contributed by atoms with Crippen LogP contribution in [0.3, 0.4) is 0 Å². The van der Waals surface area contributed by atoms with Gasteiger partial charge >= 0.3 is 12.4 Å². The lowest BCUT2D eigenvalue weighted by Crippen LogP contribution is -2.12. The fraction of sp³-hybridized carbons (Fsp3) is 0.182. The Balaban J connectivity index is 2.64. The van der Waals surface area contributed by atoms with Gasteiger partial charge in [-0.15, -0.1) is 11.3 Å². The summed E-state index contributed by atoms with van der Waals surface area (Å²) in [5, 5.41) is 1.34. The van der Waals surface area contributed by atoms with Crippen LogP contribution in [-0.2, 0) is 12.4 Å². The molecular formula is C11H4BrF6NS. The van der Waals surface area contributed by atoms with E-state index in [-0.39, 0.29) is 17.3 Å². The van der Waals surface area contributed by atoms with E-state index in [1.807, 2.05) is 0 Å². The third-order valence-electron chi connectivity index (χ3n) is 2.40. The maximum atomic E-state index is 12.9. The van der Waals surface area contributed by atoms with E-state index in [2.05, 4.69) is 20.9 Å². The fourth-order valence-corrected chi connectivity index (χ4v) is 2.57. The zero-order valence-electron chi connectivity index (χ0n) is 9.31. The Bertz CT molecular complexity index is 631. The number of halogens is 7. The molecule has 108 valence electrons. The van der Waals surface area contributed by atoms with Gasteiger partial charge in [-0.05, 0) is 28.1 Å². The maximum Gasteiger partial charge on any atom is 0.417 e. The molecule has 1 heterocycles. The second-order valence-corrected chi connectivity index (χ2v) is 5.88. The van der Waals surface area contributed by atoms with Crippen molar-refractivity contribution in [1.82, 2.24) is 4.98 Å². The third-order valence-corrected chi connectivity index (χ3v) is 3.77. The van der Waals surface area contributed by atoms with Crippen molar-refractivity contribution < 1.29 is 26.3 Å². The molecule has 0 aliphatic rings. The first-order valence-corrected chi connectivity index (χ1v) is 6.66. The topological polar surface area (TPSA) is 12.9 Å². The highest BCUT2D eigenvalue weighted by Crippen LogP contribution is 2.41. The lowest BCUT2D eigenvalue weighted by Gasteiger charge is -2.14. The minimum Gasteiger partial charge on any atom is -0.229 e. The maximum absolute atomic E-state index is 12.9. The number of benzene rings is 1. The molecule has 0 unspecified atom stereocenters. The van der Waals surface area contributed by atoms with Crippen LogP contribution in [0, 0.1) is 0 Å². The van der Waals surface area contributed by atoms with Crippen molar-refractivity contribution in [3.8, 4) is 11.3 Å². The highest BCUT2D eigenvalue weighted by Gasteiger charge is 2.38. The van der Waals surface area contributed by atoms with E-state index in [1.54, 1.807) is 0 Å². The SMILES string of the molecule is FC(F)(F)c1ccc(-c2csc(Br)n2)c(C(F)(F)F)c1. The van der Waals surface area contributed by atoms with E-state index < -0.39 is 23.5 Å². The Morgan fingerprint density at radius 2 is 1.65 bits per heavy atom. The van der Waals surface area contributed by atoms with E-state index in [0.717, 1.165) is 17.4 Å². The average Bonchev–Trinajstić information content (AvgIpc) is 2.72. The lowest BCUT2D eigenvalue weighted by molar-refractivity contribution is -0.142. The van der Waals surface area contributed by atoms with Gasteiger partial charge in [0.2, 0.25) is 0 Å². The Morgan fingerprint density at radius 1 is 1.00 bits per heavy atom. The van der Waals surface area contributed by atoms with Crippen LogP contribution < -0.4 is 0 Å². The van der Waals surface area contributed by atoms with Crippen molar-refractivity contribution in [2.75, 3.05) is 0 Å². The van der Waals surface area contributed by atoms with E-state index in [9.17, 15) is 26.3 Å². The van der Waals surface area contributed by atoms with Gasteiger partial charge in [-0.1, -0.05) is 6.07 Å². The van der Waals surface area contributed by atoms with Gasteiger partial charge in [-0.25, -0.2) is 4.98 Å². The van der Waals surface area contributed by atoms with Crippen LogP contribution in [0.2, 0.25) is 0 Å². The molecule has 0 amide bonds. The zero-order chi connectivity index (χ0) is 15.1. The van der Waals surface area contributed by atoms with Gasteiger partial charge in [0.15, 0.2) is 3.92 Å². The molecule has 0 N–H and O–H groups in total. The van der Waals surface area contributed by atoms with Crippen LogP contribution in [0.25, 0.3) is 11.3 Å². The van der Waals surface area contributed by atoms with Crippen molar-refractivity contribution >= 4 is 27.3 Å². The highest BCUT2D eigenvalue weighted by atomic mass is 79.9. The Labute approximate surface area is 121 Å². The average molecular weight is 376 g/mol. The van der Waals surface area contributed by atoms with Gasteiger partial charge in [0.05, 0.1) is 16.8 Å². The molecule has 0 bridgehead atoms. The smallest absolute Gasteiger partial charge is 0.229 e. The lowest BCUT2D eigenvalue weighted by atomic mass is 10.0. The summed E-state index contributed by atoms with van der Waals surface area (Å²) in [7, 11) is 0. The van der Waals surface area contributed by atoms with Crippen LogP contribution in [-0.4, -0.2) is 4.98 Å². The monoisotopic (exact) mass is 375 g/mol. The largest absolute Gasteiger partial charge is 0.417 e. The summed E-state index contributed by atoms with van der Waals surface area (Å²) in [5.74, 6) is 0. The van der Waals surface area contributed by atoms with Crippen LogP contribution in [0.1, 0.15) is 11.1 Å². The van der Waals surface area contributed by atoms with Gasteiger partial charge in [-0.3, -0.25) is 0 Å². The molecule has 0 atom stereocenters. The Kier molecular flexibility index (Phi) is 3.85. The van der Waals surface area contributed by atoms with E-state index in [0.29, 0.717) is 9.98 Å². The molecule has 0 aliphatic carbocycles. The summed E-state index contributed by atoms with van der Waals surface area (Å²) in [5.41, 5.74) is -3.11. The number of thiazole rings is 1. The second-order valence-electron chi connectivity index (χ2n) is 3.74. The van der Waals surface area contributed by atoms with Crippen LogP contribution in [0.4, 0.5) is 26.3 Å². The number of alkyl halides is 6. The summed E-state index contributed by atoms with van der Waals surface area (Å²) in [6, 6.07) is 1.49. The summed E-state index contributed by atoms with van der Waals surface area (Å²) >= 11 is 4.04. The van der Waals surface area contributed by atoms with Gasteiger partial charge in [0, 0.05) is 10.9 Å². The molecule has 0 saturated carbocycles. The van der Waals surface area contributed by atoms with E-state index in [1.165, 1.54) is 5.38 Å². The fourth-order valence-electron chi connectivity index (χ4n) is 1.55. The molecule has 0 radical (unpaired) electrons. The third kappa shape index (κ3) is 3.14. The molecule has 1 aromatic heterocycles. The van der Waals surface area contributed by atoms with Gasteiger partial charge in [0.1, 0.15) is 0 Å². The van der Waals surface area contributed by atoms with Crippen molar-refractivity contribution in [3.05, 3.63) is 38.6 Å². The number of aromatic nitrogens is 1. The molecule has 9 heteroatoms. The van der Waals surface area contributed by atoms with Crippen molar-refractivity contribution in [2.45, 2.75) is 12.4 Å². The van der Waals surface area contributed by atoms with Gasteiger partial charge in [-0.2, -0.15) is 26.3 Å². The second kappa shape index (κ2) is 5.03.